The molecule has 0 spiro atoms. The Hall–Kier alpha value is -3.19. The molecule has 1 N–H and O–H groups in total. The zero-order valence-corrected chi connectivity index (χ0v) is 23.7. The molecule has 2 heterocycles. The number of aliphatic hydroxyl groups is 1. The number of rotatable bonds is 8. The van der Waals surface area contributed by atoms with Gasteiger partial charge in [0.15, 0.2) is 5.89 Å². The fourth-order valence-corrected chi connectivity index (χ4v) is 6.60. The predicted molar refractivity (Wildman–Crippen MR) is 154 cm³/mol. The summed E-state index contributed by atoms with van der Waals surface area (Å²) in [5.41, 5.74) is 4.29. The number of ether oxygens (including phenoxy) is 1. The van der Waals surface area contributed by atoms with E-state index in [1.807, 2.05) is 17.0 Å². The molecule has 1 amide bonds. The van der Waals surface area contributed by atoms with Crippen molar-refractivity contribution in [3.05, 3.63) is 59.8 Å². The third kappa shape index (κ3) is 5.95. The van der Waals surface area contributed by atoms with Crippen LogP contribution in [0.1, 0.15) is 93.1 Å². The number of nitrogens with zero attached hydrogens (tertiary/aromatic N) is 3. The minimum absolute atomic E-state index is 0.0685. The van der Waals surface area contributed by atoms with Crippen molar-refractivity contribution in [2.45, 2.75) is 89.1 Å². The van der Waals surface area contributed by atoms with Gasteiger partial charge in [-0.05, 0) is 112 Å². The SMILES string of the molecule is COc1ccc(C2CCC(CN(C(=O)C3CCC(O)CC3)c3cc(-c4coc(C5CC5)n4)ccn3)CC2)cc1C. The minimum atomic E-state index is -0.288. The van der Waals surface area contributed by atoms with Crippen LogP contribution in [0.3, 0.4) is 0 Å². The number of aryl methyl sites for hydroxylation is 1. The topological polar surface area (TPSA) is 88.7 Å². The van der Waals surface area contributed by atoms with Gasteiger partial charge in [0.1, 0.15) is 23.5 Å². The molecular formula is C33H41N3O4. The number of amides is 1. The molecule has 3 aliphatic rings. The van der Waals surface area contributed by atoms with Crippen LogP contribution >= 0.6 is 0 Å². The smallest absolute Gasteiger partial charge is 0.231 e. The highest BCUT2D eigenvalue weighted by atomic mass is 16.5. The predicted octanol–water partition coefficient (Wildman–Crippen LogP) is 6.79. The summed E-state index contributed by atoms with van der Waals surface area (Å²) < 4.78 is 11.2. The first-order valence-corrected chi connectivity index (χ1v) is 15.0. The highest BCUT2D eigenvalue weighted by molar-refractivity contribution is 5.94. The van der Waals surface area contributed by atoms with E-state index in [1.165, 1.54) is 11.1 Å². The van der Waals surface area contributed by atoms with E-state index in [4.69, 9.17) is 14.1 Å². The van der Waals surface area contributed by atoms with Gasteiger partial charge >= 0.3 is 0 Å². The number of anilines is 1. The second-order valence-electron chi connectivity index (χ2n) is 12.1. The molecule has 3 fully saturated rings. The molecule has 3 aliphatic carbocycles. The summed E-state index contributed by atoms with van der Waals surface area (Å²) >= 11 is 0. The highest BCUT2D eigenvalue weighted by Crippen LogP contribution is 2.41. The fraction of sp³-hybridized carbons (Fsp3) is 0.545. The van der Waals surface area contributed by atoms with Crippen molar-refractivity contribution < 1.29 is 19.1 Å². The molecule has 0 aliphatic heterocycles. The van der Waals surface area contributed by atoms with Gasteiger partial charge in [0.05, 0.1) is 13.2 Å². The maximum atomic E-state index is 14.0. The molecular weight excluding hydrogens is 502 g/mol. The van der Waals surface area contributed by atoms with Gasteiger partial charge in [-0.15, -0.1) is 0 Å². The van der Waals surface area contributed by atoms with Gasteiger partial charge in [-0.1, -0.05) is 12.1 Å². The molecule has 1 aromatic carbocycles. The van der Waals surface area contributed by atoms with Crippen molar-refractivity contribution in [3.8, 4) is 17.0 Å². The van der Waals surface area contributed by atoms with Gasteiger partial charge in [0.25, 0.3) is 0 Å². The highest BCUT2D eigenvalue weighted by Gasteiger charge is 2.33. The first-order valence-electron chi connectivity index (χ1n) is 15.0. The Morgan fingerprint density at radius 2 is 1.75 bits per heavy atom. The summed E-state index contributed by atoms with van der Waals surface area (Å²) in [6.07, 6.45) is 12.7. The first kappa shape index (κ1) is 27.0. The van der Waals surface area contributed by atoms with Crippen LogP contribution in [0, 0.1) is 18.8 Å². The van der Waals surface area contributed by atoms with Crippen molar-refractivity contribution in [2.24, 2.45) is 11.8 Å². The molecule has 0 bridgehead atoms. The zero-order valence-electron chi connectivity index (χ0n) is 23.7. The lowest BCUT2D eigenvalue weighted by Crippen LogP contribution is -2.42. The second-order valence-corrected chi connectivity index (χ2v) is 12.1. The van der Waals surface area contributed by atoms with Crippen LogP contribution < -0.4 is 9.64 Å². The Morgan fingerprint density at radius 3 is 2.45 bits per heavy atom. The zero-order chi connectivity index (χ0) is 27.6. The van der Waals surface area contributed by atoms with E-state index in [9.17, 15) is 9.90 Å². The average Bonchev–Trinajstić information content (AvgIpc) is 3.72. The molecule has 212 valence electrons. The molecule has 2 aromatic heterocycles. The maximum absolute atomic E-state index is 14.0. The summed E-state index contributed by atoms with van der Waals surface area (Å²) in [5, 5.41) is 10.0. The van der Waals surface area contributed by atoms with Crippen LogP contribution in [0.25, 0.3) is 11.3 Å². The Balaban J connectivity index is 1.19. The number of methoxy groups -OCH3 is 1. The summed E-state index contributed by atoms with van der Waals surface area (Å²) in [4.78, 5) is 25.3. The number of hydrogen-bond donors (Lipinski definition) is 1. The van der Waals surface area contributed by atoms with Crippen LogP contribution in [0.4, 0.5) is 5.82 Å². The molecule has 0 unspecified atom stereocenters. The average molecular weight is 544 g/mol. The van der Waals surface area contributed by atoms with Gasteiger partial charge in [0, 0.05) is 30.1 Å². The monoisotopic (exact) mass is 543 g/mol. The fourth-order valence-electron chi connectivity index (χ4n) is 6.60. The van der Waals surface area contributed by atoms with Gasteiger partial charge < -0.3 is 14.3 Å². The Morgan fingerprint density at radius 1 is 1.00 bits per heavy atom. The van der Waals surface area contributed by atoms with Crippen LogP contribution in [-0.4, -0.2) is 40.7 Å². The molecule has 7 nitrogen and oxygen atoms in total. The van der Waals surface area contributed by atoms with Crippen molar-refractivity contribution in [2.75, 3.05) is 18.6 Å². The van der Waals surface area contributed by atoms with E-state index in [-0.39, 0.29) is 17.9 Å². The van der Waals surface area contributed by atoms with Crippen molar-refractivity contribution in [1.82, 2.24) is 9.97 Å². The van der Waals surface area contributed by atoms with E-state index in [0.717, 1.165) is 74.3 Å². The summed E-state index contributed by atoms with van der Waals surface area (Å²) in [7, 11) is 1.72. The third-order valence-electron chi connectivity index (χ3n) is 9.26. The van der Waals surface area contributed by atoms with Gasteiger partial charge in [0.2, 0.25) is 5.91 Å². The normalized spacial score (nSPS) is 25.0. The van der Waals surface area contributed by atoms with Crippen molar-refractivity contribution >= 4 is 11.7 Å². The lowest BCUT2D eigenvalue weighted by atomic mass is 9.78. The summed E-state index contributed by atoms with van der Waals surface area (Å²) in [5.74, 6) is 3.93. The molecule has 0 saturated heterocycles. The molecule has 0 radical (unpaired) electrons. The molecule has 0 atom stereocenters. The van der Waals surface area contributed by atoms with Crippen LogP contribution in [0.2, 0.25) is 0 Å². The van der Waals surface area contributed by atoms with E-state index in [2.05, 4.69) is 30.1 Å². The molecule has 3 aromatic rings. The lowest BCUT2D eigenvalue weighted by Gasteiger charge is -2.35. The van der Waals surface area contributed by atoms with E-state index < -0.39 is 0 Å². The lowest BCUT2D eigenvalue weighted by molar-refractivity contribution is -0.124. The van der Waals surface area contributed by atoms with Gasteiger partial charge in [-0.25, -0.2) is 9.97 Å². The van der Waals surface area contributed by atoms with Crippen LogP contribution in [0.15, 0.2) is 47.2 Å². The Kier molecular flexibility index (Phi) is 7.92. The van der Waals surface area contributed by atoms with E-state index >= 15 is 0 Å². The summed E-state index contributed by atoms with van der Waals surface area (Å²) in [6, 6.07) is 10.5. The number of benzene rings is 1. The van der Waals surface area contributed by atoms with Crippen LogP contribution in [-0.2, 0) is 4.79 Å². The Bertz CT molecular complexity index is 1320. The van der Waals surface area contributed by atoms with Crippen molar-refractivity contribution in [1.29, 1.82) is 0 Å². The number of hydrogen-bond acceptors (Lipinski definition) is 6. The largest absolute Gasteiger partial charge is 0.496 e. The molecule has 7 heteroatoms. The van der Waals surface area contributed by atoms with Crippen LogP contribution in [0.5, 0.6) is 5.75 Å². The van der Waals surface area contributed by atoms with Crippen molar-refractivity contribution in [3.63, 3.8) is 0 Å². The van der Waals surface area contributed by atoms with Gasteiger partial charge in [-0.3, -0.25) is 9.69 Å². The number of oxazole rings is 1. The minimum Gasteiger partial charge on any atom is -0.496 e. The standard InChI is InChI=1S/C33H41N3O4/c1-21-17-26(11-14-30(21)39-2)23-5-3-22(4-6-23)19-36(33(38)25-9-12-28(37)13-10-25)31-18-27(15-16-34-31)29-20-40-32(35-29)24-7-8-24/h11,14-18,20,22-25,28,37H,3-10,12-13,19H2,1-2H3. The van der Waals surface area contributed by atoms with Gasteiger partial charge in [-0.2, -0.15) is 0 Å². The molecule has 40 heavy (non-hydrogen) atoms. The number of carbonyl (C=O) groups is 1. The molecule has 6 rings (SSSR count). The Labute approximate surface area is 237 Å². The number of aliphatic hydroxyl groups excluding tert-OH is 1. The quantitative estimate of drug-likeness (QED) is 0.337. The maximum Gasteiger partial charge on any atom is 0.231 e. The number of carbonyl (C=O) groups excluding carboxylic acids is 1. The first-order chi connectivity index (χ1) is 19.5. The summed E-state index contributed by atoms with van der Waals surface area (Å²) in [6.45, 7) is 2.78. The van der Waals surface area contributed by atoms with E-state index in [0.29, 0.717) is 43.0 Å². The number of pyridine rings is 1. The third-order valence-corrected chi connectivity index (χ3v) is 9.26. The second kappa shape index (κ2) is 11.7. The molecule has 3 saturated carbocycles. The van der Waals surface area contributed by atoms with E-state index in [1.54, 1.807) is 19.6 Å². The number of aromatic nitrogens is 2.